The van der Waals surface area contributed by atoms with E-state index in [-0.39, 0.29) is 5.97 Å². The van der Waals surface area contributed by atoms with Crippen LogP contribution in [-0.2, 0) is 47.9 Å². The van der Waals surface area contributed by atoms with Gasteiger partial charge in [0, 0.05) is 42.6 Å². The van der Waals surface area contributed by atoms with Crippen LogP contribution in [0.15, 0.2) is 73.3 Å². The summed E-state index contributed by atoms with van der Waals surface area (Å²) in [5, 5.41) is 8.05. The lowest BCUT2D eigenvalue weighted by molar-refractivity contribution is 0.0514. The molecule has 0 aliphatic rings. The molecule has 3 aromatic carbocycles. The highest BCUT2D eigenvalue weighted by molar-refractivity contribution is 6.04. The first-order valence-corrected chi connectivity index (χ1v) is 15.2. The highest BCUT2D eigenvalue weighted by atomic mass is 16.5. The number of fused-ring (bicyclic) bond motifs is 2. The lowest BCUT2D eigenvalue weighted by Crippen LogP contribution is -2.13. The molecule has 0 saturated heterocycles. The van der Waals surface area contributed by atoms with E-state index in [0.29, 0.717) is 51.8 Å². The van der Waals surface area contributed by atoms with Gasteiger partial charge >= 0.3 is 5.97 Å². The molecule has 2 aromatic heterocycles. The fourth-order valence-corrected chi connectivity index (χ4v) is 5.89. The van der Waals surface area contributed by atoms with Crippen molar-refractivity contribution in [2.75, 3.05) is 26.4 Å². The topological polar surface area (TPSA) is 76.7 Å². The van der Waals surface area contributed by atoms with Crippen LogP contribution in [0.4, 0.5) is 0 Å². The van der Waals surface area contributed by atoms with E-state index < -0.39 is 0 Å². The van der Waals surface area contributed by atoms with Crippen molar-refractivity contribution in [1.29, 1.82) is 0 Å². The summed E-state index contributed by atoms with van der Waals surface area (Å²) >= 11 is 0. The Bertz CT molecular complexity index is 1760. The third-order valence-corrected chi connectivity index (χ3v) is 7.79. The number of hydrogen-bond acceptors (Lipinski definition) is 6. The molecular formula is C36H41N3O5. The zero-order valence-corrected chi connectivity index (χ0v) is 26.1. The lowest BCUT2D eigenvalue weighted by atomic mass is 9.98. The van der Waals surface area contributed by atoms with E-state index in [4.69, 9.17) is 24.0 Å². The minimum Gasteiger partial charge on any atom is -0.493 e. The van der Waals surface area contributed by atoms with E-state index in [2.05, 4.69) is 36.9 Å². The van der Waals surface area contributed by atoms with Gasteiger partial charge in [-0.1, -0.05) is 60.7 Å². The number of hydrogen-bond donors (Lipinski definition) is 0. The van der Waals surface area contributed by atoms with Crippen molar-refractivity contribution in [3.63, 3.8) is 0 Å². The SMILES string of the molecule is C=CCOCc1c(-c2cccc3c(CCCOc4cccc5ccccc45)c(C(=O)OCC)n(C)c23)c(COCC)nn1C. The van der Waals surface area contributed by atoms with Gasteiger partial charge in [0.05, 0.1) is 49.9 Å². The number of aromatic nitrogens is 3. The number of rotatable bonds is 15. The Morgan fingerprint density at radius 2 is 1.70 bits per heavy atom. The van der Waals surface area contributed by atoms with Gasteiger partial charge in [0.25, 0.3) is 0 Å². The van der Waals surface area contributed by atoms with Crippen LogP contribution in [0, 0.1) is 0 Å². The summed E-state index contributed by atoms with van der Waals surface area (Å²) in [6.07, 6.45) is 3.10. The predicted molar refractivity (Wildman–Crippen MR) is 174 cm³/mol. The van der Waals surface area contributed by atoms with Gasteiger partial charge in [0.2, 0.25) is 0 Å². The molecule has 0 saturated carbocycles. The van der Waals surface area contributed by atoms with Crippen LogP contribution in [0.2, 0.25) is 0 Å². The van der Waals surface area contributed by atoms with E-state index in [9.17, 15) is 4.79 Å². The first kappa shape index (κ1) is 31.0. The summed E-state index contributed by atoms with van der Waals surface area (Å²) in [7, 11) is 3.85. The second-order valence-electron chi connectivity index (χ2n) is 10.6. The van der Waals surface area contributed by atoms with Crippen molar-refractivity contribution < 1.29 is 23.7 Å². The molecule has 0 bridgehead atoms. The second-order valence-corrected chi connectivity index (χ2v) is 10.6. The molecule has 0 atom stereocenters. The number of ether oxygens (including phenoxy) is 4. The van der Waals surface area contributed by atoms with Crippen molar-refractivity contribution in [3.8, 4) is 16.9 Å². The van der Waals surface area contributed by atoms with Crippen LogP contribution >= 0.6 is 0 Å². The highest BCUT2D eigenvalue weighted by Gasteiger charge is 2.27. The molecule has 5 aromatic rings. The number of nitrogens with zero attached hydrogens (tertiary/aromatic N) is 3. The number of benzene rings is 3. The summed E-state index contributed by atoms with van der Waals surface area (Å²) in [6, 6.07) is 20.5. The van der Waals surface area contributed by atoms with Crippen LogP contribution in [0.3, 0.4) is 0 Å². The fraction of sp³-hybridized carbons (Fsp3) is 0.333. The van der Waals surface area contributed by atoms with Crippen LogP contribution in [0.5, 0.6) is 5.75 Å². The summed E-state index contributed by atoms with van der Waals surface area (Å²) in [6.45, 7) is 10.1. The van der Waals surface area contributed by atoms with Gasteiger partial charge < -0.3 is 23.5 Å². The molecule has 230 valence electrons. The van der Waals surface area contributed by atoms with Crippen LogP contribution in [0.25, 0.3) is 32.8 Å². The number of esters is 1. The Morgan fingerprint density at radius 1 is 0.932 bits per heavy atom. The standard InChI is InChI=1S/C36H41N3O5/c1-6-21-42-24-31-33(30(23-41-7-2)37-39(31)5)29-18-12-17-27-28(35(36(40)43-8-3)38(4)34(27)29)19-13-22-44-32-20-11-15-25-14-9-10-16-26(25)32/h6,9-12,14-18,20H,1,7-8,13,19,21-24H2,2-5H3. The van der Waals surface area contributed by atoms with Gasteiger partial charge in [-0.15, -0.1) is 6.58 Å². The average molecular weight is 596 g/mol. The molecule has 8 nitrogen and oxygen atoms in total. The summed E-state index contributed by atoms with van der Waals surface area (Å²) in [5.41, 5.74) is 6.12. The van der Waals surface area contributed by atoms with Crippen LogP contribution in [0.1, 0.15) is 47.7 Å². The van der Waals surface area contributed by atoms with Crippen molar-refractivity contribution >= 4 is 27.6 Å². The predicted octanol–water partition coefficient (Wildman–Crippen LogP) is 7.16. The van der Waals surface area contributed by atoms with Crippen molar-refractivity contribution in [2.45, 2.75) is 39.9 Å². The average Bonchev–Trinajstić information content (AvgIpc) is 3.50. The van der Waals surface area contributed by atoms with Gasteiger partial charge in [-0.3, -0.25) is 4.68 Å². The molecule has 0 aliphatic carbocycles. The zero-order valence-electron chi connectivity index (χ0n) is 26.1. The van der Waals surface area contributed by atoms with Crippen LogP contribution < -0.4 is 4.74 Å². The summed E-state index contributed by atoms with van der Waals surface area (Å²) in [5.74, 6) is 0.524. The molecule has 44 heavy (non-hydrogen) atoms. The Balaban J connectivity index is 1.54. The molecular weight excluding hydrogens is 554 g/mol. The first-order valence-electron chi connectivity index (χ1n) is 15.2. The molecule has 0 N–H and O–H groups in total. The smallest absolute Gasteiger partial charge is 0.355 e. The van der Waals surface area contributed by atoms with Crippen molar-refractivity contribution in [2.24, 2.45) is 14.1 Å². The Kier molecular flexibility index (Phi) is 10.1. The van der Waals surface area contributed by atoms with E-state index in [0.717, 1.165) is 61.9 Å². The van der Waals surface area contributed by atoms with E-state index in [1.807, 2.05) is 67.5 Å². The molecule has 0 unspecified atom stereocenters. The number of para-hydroxylation sites is 1. The maximum Gasteiger partial charge on any atom is 0.355 e. The molecule has 2 heterocycles. The lowest BCUT2D eigenvalue weighted by Gasteiger charge is -2.12. The Labute approximate surface area is 258 Å². The normalized spacial score (nSPS) is 11.4. The number of carbonyl (C=O) groups excluding carboxylic acids is 1. The third-order valence-electron chi connectivity index (χ3n) is 7.79. The number of carbonyl (C=O) groups is 1. The largest absolute Gasteiger partial charge is 0.493 e. The third kappa shape index (κ3) is 6.27. The highest BCUT2D eigenvalue weighted by Crippen LogP contribution is 2.38. The quantitative estimate of drug-likeness (QED) is 0.0726. The molecule has 5 rings (SSSR count). The van der Waals surface area contributed by atoms with Crippen molar-refractivity contribution in [1.82, 2.24) is 14.3 Å². The van der Waals surface area contributed by atoms with Gasteiger partial charge in [-0.2, -0.15) is 5.10 Å². The zero-order chi connectivity index (χ0) is 31.1. The second kappa shape index (κ2) is 14.4. The van der Waals surface area contributed by atoms with E-state index in [1.54, 1.807) is 6.08 Å². The van der Waals surface area contributed by atoms with Gasteiger partial charge in [-0.25, -0.2) is 4.79 Å². The minimum absolute atomic E-state index is 0.294. The Hall–Kier alpha value is -4.40. The maximum absolute atomic E-state index is 13.4. The Morgan fingerprint density at radius 3 is 2.50 bits per heavy atom. The van der Waals surface area contributed by atoms with E-state index in [1.165, 1.54) is 0 Å². The summed E-state index contributed by atoms with van der Waals surface area (Å²) < 4.78 is 27.3. The monoisotopic (exact) mass is 595 g/mol. The van der Waals surface area contributed by atoms with Crippen LogP contribution in [-0.4, -0.2) is 46.7 Å². The molecule has 0 amide bonds. The summed E-state index contributed by atoms with van der Waals surface area (Å²) in [4.78, 5) is 13.4. The maximum atomic E-state index is 13.4. The van der Waals surface area contributed by atoms with Crippen molar-refractivity contribution in [3.05, 3.63) is 96.0 Å². The van der Waals surface area contributed by atoms with E-state index >= 15 is 0 Å². The molecule has 0 radical (unpaired) electrons. The molecule has 8 heteroatoms. The number of aryl methyl sites for hydroxylation is 3. The first-order chi connectivity index (χ1) is 21.5. The molecule has 0 spiro atoms. The fourth-order valence-electron chi connectivity index (χ4n) is 5.89. The molecule has 0 aliphatic heterocycles. The molecule has 0 fully saturated rings. The van der Waals surface area contributed by atoms with Gasteiger partial charge in [0.1, 0.15) is 11.4 Å². The van der Waals surface area contributed by atoms with Gasteiger partial charge in [0.15, 0.2) is 0 Å². The van der Waals surface area contributed by atoms with Gasteiger partial charge in [-0.05, 0) is 43.7 Å². The minimum atomic E-state index is -0.336.